The third-order valence-electron chi connectivity index (χ3n) is 5.26. The number of halogens is 1. The first kappa shape index (κ1) is 18.9. The molecule has 2 N–H and O–H groups in total. The second kappa shape index (κ2) is 8.58. The van der Waals surface area contributed by atoms with Crippen LogP contribution >= 0.6 is 24.2 Å². The Kier molecular flexibility index (Phi) is 7.04. The first-order valence-electron chi connectivity index (χ1n) is 8.59. The molecule has 0 radical (unpaired) electrons. The molecule has 2 aliphatic heterocycles. The van der Waals surface area contributed by atoms with Crippen molar-refractivity contribution in [1.82, 2.24) is 15.5 Å². The van der Waals surface area contributed by atoms with Gasteiger partial charge in [-0.2, -0.15) is 0 Å². The minimum atomic E-state index is -0.271. The van der Waals surface area contributed by atoms with Crippen LogP contribution in [0.1, 0.15) is 45.4 Å². The van der Waals surface area contributed by atoms with Crippen LogP contribution in [0.25, 0.3) is 0 Å². The standard InChI is InChI=1S/C16H27N3O2S.ClH/c1-11-13(7-4-8-17-11)18-15(20)14-9-22-10-19(14)16(21)12-5-2-3-6-12;/h11-14,17H,2-10H2,1H3,(H,18,20);1H. The average Bonchev–Trinajstić information content (AvgIpc) is 3.20. The smallest absolute Gasteiger partial charge is 0.243 e. The van der Waals surface area contributed by atoms with Crippen LogP contribution < -0.4 is 10.6 Å². The zero-order chi connectivity index (χ0) is 15.5. The Labute approximate surface area is 149 Å². The summed E-state index contributed by atoms with van der Waals surface area (Å²) >= 11 is 1.70. The van der Waals surface area contributed by atoms with Gasteiger partial charge in [0.25, 0.3) is 0 Å². The summed E-state index contributed by atoms with van der Waals surface area (Å²) < 4.78 is 0. The summed E-state index contributed by atoms with van der Waals surface area (Å²) in [5, 5.41) is 6.58. The summed E-state index contributed by atoms with van der Waals surface area (Å²) in [6.45, 7) is 3.15. The Hall–Kier alpha value is -0.460. The van der Waals surface area contributed by atoms with E-state index in [4.69, 9.17) is 0 Å². The number of nitrogens with zero attached hydrogens (tertiary/aromatic N) is 1. The second-order valence-electron chi connectivity index (χ2n) is 6.81. The van der Waals surface area contributed by atoms with Crippen molar-refractivity contribution in [2.45, 2.75) is 63.6 Å². The van der Waals surface area contributed by atoms with E-state index in [2.05, 4.69) is 17.6 Å². The van der Waals surface area contributed by atoms with Crippen molar-refractivity contribution in [3.63, 3.8) is 0 Å². The van der Waals surface area contributed by atoms with Crippen LogP contribution in [0, 0.1) is 5.92 Å². The zero-order valence-corrected chi connectivity index (χ0v) is 15.4. The van der Waals surface area contributed by atoms with E-state index in [0.29, 0.717) is 11.9 Å². The fraction of sp³-hybridized carbons (Fsp3) is 0.875. The quantitative estimate of drug-likeness (QED) is 0.804. The van der Waals surface area contributed by atoms with E-state index in [9.17, 15) is 9.59 Å². The van der Waals surface area contributed by atoms with Gasteiger partial charge in [-0.3, -0.25) is 9.59 Å². The van der Waals surface area contributed by atoms with Gasteiger partial charge in [-0.05, 0) is 39.2 Å². The van der Waals surface area contributed by atoms with Crippen molar-refractivity contribution >= 4 is 36.0 Å². The van der Waals surface area contributed by atoms with Crippen LogP contribution in [0.2, 0.25) is 0 Å². The van der Waals surface area contributed by atoms with Gasteiger partial charge in [-0.25, -0.2) is 0 Å². The summed E-state index contributed by atoms with van der Waals surface area (Å²) in [7, 11) is 0. The van der Waals surface area contributed by atoms with E-state index in [1.165, 1.54) is 0 Å². The lowest BCUT2D eigenvalue weighted by atomic mass is 9.99. The van der Waals surface area contributed by atoms with E-state index in [0.717, 1.165) is 50.8 Å². The minimum absolute atomic E-state index is 0. The molecule has 0 bridgehead atoms. The van der Waals surface area contributed by atoms with Gasteiger partial charge < -0.3 is 15.5 Å². The van der Waals surface area contributed by atoms with Crippen LogP contribution in [-0.2, 0) is 9.59 Å². The predicted molar refractivity (Wildman–Crippen MR) is 95.8 cm³/mol. The lowest BCUT2D eigenvalue weighted by molar-refractivity contribution is -0.141. The van der Waals surface area contributed by atoms with Crippen LogP contribution in [0.3, 0.4) is 0 Å². The van der Waals surface area contributed by atoms with Crippen LogP contribution in [0.4, 0.5) is 0 Å². The highest BCUT2D eigenvalue weighted by atomic mass is 35.5. The molecule has 3 atom stereocenters. The highest BCUT2D eigenvalue weighted by Gasteiger charge is 2.39. The van der Waals surface area contributed by atoms with E-state index in [1.807, 2.05) is 4.90 Å². The van der Waals surface area contributed by atoms with Crippen molar-refractivity contribution in [3.8, 4) is 0 Å². The molecule has 1 aliphatic carbocycles. The van der Waals surface area contributed by atoms with E-state index in [1.54, 1.807) is 11.8 Å². The highest BCUT2D eigenvalue weighted by molar-refractivity contribution is 7.99. The molecule has 3 rings (SSSR count). The highest BCUT2D eigenvalue weighted by Crippen LogP contribution is 2.30. The predicted octanol–water partition coefficient (Wildman–Crippen LogP) is 1.76. The topological polar surface area (TPSA) is 61.4 Å². The summed E-state index contributed by atoms with van der Waals surface area (Å²) in [6.07, 6.45) is 6.42. The molecular formula is C16H28ClN3O2S. The number of rotatable bonds is 3. The molecule has 23 heavy (non-hydrogen) atoms. The maximum atomic E-state index is 12.6. The molecule has 2 heterocycles. The maximum Gasteiger partial charge on any atom is 0.243 e. The van der Waals surface area contributed by atoms with Gasteiger partial charge in [0.2, 0.25) is 11.8 Å². The van der Waals surface area contributed by atoms with Gasteiger partial charge >= 0.3 is 0 Å². The third-order valence-corrected chi connectivity index (χ3v) is 6.27. The summed E-state index contributed by atoms with van der Waals surface area (Å²) in [5.74, 6) is 1.81. The maximum absolute atomic E-state index is 12.6. The van der Waals surface area contributed by atoms with E-state index in [-0.39, 0.29) is 42.2 Å². The van der Waals surface area contributed by atoms with Crippen LogP contribution in [-0.4, -0.2) is 53.0 Å². The second-order valence-corrected chi connectivity index (χ2v) is 7.80. The molecule has 5 nitrogen and oxygen atoms in total. The summed E-state index contributed by atoms with van der Waals surface area (Å²) in [6, 6.07) is 0.230. The van der Waals surface area contributed by atoms with Crippen LogP contribution in [0.15, 0.2) is 0 Å². The lowest BCUT2D eigenvalue weighted by Gasteiger charge is -2.33. The fourth-order valence-electron chi connectivity index (χ4n) is 3.80. The van der Waals surface area contributed by atoms with Gasteiger partial charge in [0.15, 0.2) is 0 Å². The number of hydrogen-bond donors (Lipinski definition) is 2. The first-order valence-corrected chi connectivity index (χ1v) is 9.74. The van der Waals surface area contributed by atoms with Crippen molar-refractivity contribution < 1.29 is 9.59 Å². The molecule has 0 spiro atoms. The van der Waals surface area contributed by atoms with Crippen molar-refractivity contribution in [2.75, 3.05) is 18.2 Å². The van der Waals surface area contributed by atoms with Crippen molar-refractivity contribution in [2.24, 2.45) is 5.92 Å². The molecule has 3 fully saturated rings. The normalized spacial score (nSPS) is 31.7. The number of thioether (sulfide) groups is 1. The van der Waals surface area contributed by atoms with Gasteiger partial charge in [-0.15, -0.1) is 24.2 Å². The van der Waals surface area contributed by atoms with Gasteiger partial charge in [0.05, 0.1) is 5.88 Å². The first-order chi connectivity index (χ1) is 10.7. The third kappa shape index (κ3) is 4.34. The number of piperidine rings is 1. The zero-order valence-electron chi connectivity index (χ0n) is 13.8. The molecule has 0 aromatic heterocycles. The Morgan fingerprint density at radius 2 is 1.91 bits per heavy atom. The largest absolute Gasteiger partial charge is 0.350 e. The lowest BCUT2D eigenvalue weighted by Crippen LogP contribution is -2.56. The molecule has 3 aliphatic rings. The van der Waals surface area contributed by atoms with E-state index >= 15 is 0 Å². The number of carbonyl (C=O) groups is 2. The number of amides is 2. The number of nitrogens with one attached hydrogen (secondary N) is 2. The Balaban J connectivity index is 0.00000192. The molecule has 3 unspecified atom stereocenters. The van der Waals surface area contributed by atoms with Gasteiger partial charge in [0.1, 0.15) is 6.04 Å². The van der Waals surface area contributed by atoms with Crippen LogP contribution in [0.5, 0.6) is 0 Å². The van der Waals surface area contributed by atoms with Gasteiger partial charge in [0, 0.05) is 23.8 Å². The molecule has 0 aromatic rings. The van der Waals surface area contributed by atoms with Gasteiger partial charge in [-0.1, -0.05) is 12.8 Å². The van der Waals surface area contributed by atoms with Crippen molar-refractivity contribution in [1.29, 1.82) is 0 Å². The SMILES string of the molecule is CC1NCCCC1NC(=O)C1CSCN1C(=O)C1CCCC1.Cl. The number of carbonyl (C=O) groups excluding carboxylic acids is 2. The summed E-state index contributed by atoms with van der Waals surface area (Å²) in [5.41, 5.74) is 0. The molecule has 0 aromatic carbocycles. The van der Waals surface area contributed by atoms with Crippen molar-refractivity contribution in [3.05, 3.63) is 0 Å². The Morgan fingerprint density at radius 3 is 2.61 bits per heavy atom. The number of hydrogen-bond acceptors (Lipinski definition) is 4. The Bertz CT molecular complexity index is 432. The molecule has 1 saturated carbocycles. The fourth-order valence-corrected chi connectivity index (χ4v) is 4.97. The Morgan fingerprint density at radius 1 is 1.17 bits per heavy atom. The summed E-state index contributed by atoms with van der Waals surface area (Å²) in [4.78, 5) is 27.1. The van der Waals surface area contributed by atoms with E-state index < -0.39 is 0 Å². The average molecular weight is 362 g/mol. The minimum Gasteiger partial charge on any atom is -0.350 e. The molecular weight excluding hydrogens is 334 g/mol. The molecule has 2 amide bonds. The molecule has 132 valence electrons. The molecule has 2 saturated heterocycles. The molecule has 7 heteroatoms. The monoisotopic (exact) mass is 361 g/mol.